The topological polar surface area (TPSA) is 82.6 Å². The van der Waals surface area contributed by atoms with Crippen LogP contribution in [0.4, 0.5) is 0 Å². The Morgan fingerprint density at radius 3 is 2.77 bits per heavy atom. The highest BCUT2D eigenvalue weighted by molar-refractivity contribution is 5.95. The van der Waals surface area contributed by atoms with Crippen LogP contribution in [0.25, 0.3) is 0 Å². The number of likely N-dealkylation sites (tertiary alicyclic amines) is 1. The lowest BCUT2D eigenvalue weighted by Crippen LogP contribution is -2.29. The van der Waals surface area contributed by atoms with Crippen molar-refractivity contribution in [2.45, 2.75) is 26.3 Å². The van der Waals surface area contributed by atoms with Crippen LogP contribution in [-0.4, -0.2) is 53.9 Å². The van der Waals surface area contributed by atoms with E-state index in [-0.39, 0.29) is 11.9 Å². The second-order valence-electron chi connectivity index (χ2n) is 6.57. The molecule has 3 rings (SSSR count). The Hall–Kier alpha value is -2.54. The quantitative estimate of drug-likeness (QED) is 0.853. The first-order valence-electron chi connectivity index (χ1n) is 8.86. The molecule has 0 bridgehead atoms. The molecule has 7 nitrogen and oxygen atoms in total. The van der Waals surface area contributed by atoms with Crippen molar-refractivity contribution in [3.63, 3.8) is 0 Å². The average molecular weight is 358 g/mol. The van der Waals surface area contributed by atoms with Crippen molar-refractivity contribution >= 4 is 5.91 Å². The minimum absolute atomic E-state index is 0.00529. The summed E-state index contributed by atoms with van der Waals surface area (Å²) in [5.41, 5.74) is 8.22. The van der Waals surface area contributed by atoms with E-state index in [1.807, 2.05) is 16.5 Å². The van der Waals surface area contributed by atoms with Gasteiger partial charge in [0.05, 0.1) is 18.8 Å². The van der Waals surface area contributed by atoms with Gasteiger partial charge >= 0.3 is 0 Å². The molecule has 1 aromatic heterocycles. The second kappa shape index (κ2) is 7.78. The number of nitrogens with zero attached hydrogens (tertiary/aromatic N) is 3. The average Bonchev–Trinajstić information content (AvgIpc) is 3.25. The third kappa shape index (κ3) is 3.67. The highest BCUT2D eigenvalue weighted by atomic mass is 16.5. The number of methoxy groups -OCH3 is 1. The summed E-state index contributed by atoms with van der Waals surface area (Å²) in [5.74, 6) is 1.13. The molecule has 1 saturated heterocycles. The number of ether oxygens (including phenoxy) is 2. The van der Waals surface area contributed by atoms with Crippen molar-refractivity contribution in [2.75, 3.05) is 33.4 Å². The second-order valence-corrected chi connectivity index (χ2v) is 6.57. The molecular formula is C19H26N4O3. The first-order valence-corrected chi connectivity index (χ1v) is 8.86. The van der Waals surface area contributed by atoms with Gasteiger partial charge in [-0.05, 0) is 44.5 Å². The molecule has 2 N–H and O–H groups in total. The Bertz CT molecular complexity index is 787. The smallest absolute Gasteiger partial charge is 0.254 e. The van der Waals surface area contributed by atoms with Crippen LogP contribution in [-0.2, 0) is 0 Å². The maximum atomic E-state index is 12.9. The Morgan fingerprint density at radius 1 is 1.31 bits per heavy atom. The maximum Gasteiger partial charge on any atom is 0.254 e. The predicted octanol–water partition coefficient (Wildman–Crippen LogP) is 1.93. The summed E-state index contributed by atoms with van der Waals surface area (Å²) >= 11 is 0. The Labute approximate surface area is 153 Å². The Kier molecular flexibility index (Phi) is 5.46. The summed E-state index contributed by atoms with van der Waals surface area (Å²) in [6.07, 6.45) is 0.903. The first kappa shape index (κ1) is 18.3. The number of rotatable bonds is 6. The predicted molar refractivity (Wildman–Crippen MR) is 98.8 cm³/mol. The molecule has 1 amide bonds. The molecule has 0 saturated carbocycles. The molecule has 1 atom stereocenters. The molecule has 1 aliphatic rings. The number of aryl methyl sites for hydroxylation is 2. The van der Waals surface area contributed by atoms with Gasteiger partial charge in [-0.1, -0.05) is 0 Å². The van der Waals surface area contributed by atoms with Crippen molar-refractivity contribution in [1.82, 2.24) is 14.7 Å². The highest BCUT2D eigenvalue weighted by Crippen LogP contribution is 2.30. The zero-order valence-electron chi connectivity index (χ0n) is 15.6. The molecule has 1 fully saturated rings. The number of nitrogens with two attached hydrogens (primary N) is 1. The van der Waals surface area contributed by atoms with Crippen LogP contribution in [0.3, 0.4) is 0 Å². The van der Waals surface area contributed by atoms with Crippen LogP contribution < -0.4 is 15.2 Å². The van der Waals surface area contributed by atoms with Crippen LogP contribution in [0.2, 0.25) is 0 Å². The molecule has 0 aliphatic carbocycles. The van der Waals surface area contributed by atoms with E-state index in [9.17, 15) is 4.79 Å². The number of amides is 1. The van der Waals surface area contributed by atoms with Gasteiger partial charge in [0.25, 0.3) is 5.91 Å². The standard InChI is InChI=1S/C19H26N4O3/c1-13-10-14(2)23(21-13)16-6-8-22(12-16)19(24)15-4-5-17(25-3)18(11-15)26-9-7-20/h4-5,10-11,16H,6-9,12,20H2,1-3H3. The number of carbonyl (C=O) groups is 1. The Morgan fingerprint density at radius 2 is 2.12 bits per heavy atom. The zero-order chi connectivity index (χ0) is 18.7. The van der Waals surface area contributed by atoms with Gasteiger partial charge < -0.3 is 20.1 Å². The van der Waals surface area contributed by atoms with E-state index < -0.39 is 0 Å². The SMILES string of the molecule is COc1ccc(C(=O)N2CCC(n3nc(C)cc3C)C2)cc1OCCN. The van der Waals surface area contributed by atoms with Crippen molar-refractivity contribution in [1.29, 1.82) is 0 Å². The van der Waals surface area contributed by atoms with Crippen LogP contribution in [0.1, 0.15) is 34.2 Å². The van der Waals surface area contributed by atoms with Crippen LogP contribution in [0.15, 0.2) is 24.3 Å². The third-order valence-corrected chi connectivity index (χ3v) is 4.63. The number of aromatic nitrogens is 2. The van der Waals surface area contributed by atoms with Gasteiger partial charge in [0, 0.05) is 30.9 Å². The van der Waals surface area contributed by atoms with Gasteiger partial charge in [0.1, 0.15) is 6.61 Å². The van der Waals surface area contributed by atoms with Gasteiger partial charge in [0.15, 0.2) is 11.5 Å². The molecule has 1 aromatic carbocycles. The normalized spacial score (nSPS) is 16.8. The molecule has 0 radical (unpaired) electrons. The molecular weight excluding hydrogens is 332 g/mol. The van der Waals surface area contributed by atoms with E-state index in [2.05, 4.69) is 18.1 Å². The summed E-state index contributed by atoms with van der Waals surface area (Å²) in [7, 11) is 1.58. The molecule has 2 aromatic rings. The van der Waals surface area contributed by atoms with Crippen LogP contribution in [0, 0.1) is 13.8 Å². The zero-order valence-corrected chi connectivity index (χ0v) is 15.6. The fourth-order valence-electron chi connectivity index (χ4n) is 3.42. The van der Waals surface area contributed by atoms with Gasteiger partial charge in [-0.25, -0.2) is 0 Å². The van der Waals surface area contributed by atoms with Crippen LogP contribution in [0.5, 0.6) is 11.5 Å². The molecule has 2 heterocycles. The Balaban J connectivity index is 1.74. The highest BCUT2D eigenvalue weighted by Gasteiger charge is 2.29. The van der Waals surface area contributed by atoms with Crippen molar-refractivity contribution < 1.29 is 14.3 Å². The minimum Gasteiger partial charge on any atom is -0.493 e. The summed E-state index contributed by atoms with van der Waals surface area (Å²) in [4.78, 5) is 14.8. The number of benzene rings is 1. The van der Waals surface area contributed by atoms with E-state index in [0.717, 1.165) is 17.8 Å². The lowest BCUT2D eigenvalue weighted by atomic mass is 10.1. The number of carbonyl (C=O) groups excluding carboxylic acids is 1. The van der Waals surface area contributed by atoms with Crippen molar-refractivity contribution in [2.24, 2.45) is 5.73 Å². The summed E-state index contributed by atoms with van der Waals surface area (Å²) in [6.45, 7) is 6.19. The van der Waals surface area contributed by atoms with Gasteiger partial charge in [0.2, 0.25) is 0 Å². The third-order valence-electron chi connectivity index (χ3n) is 4.63. The first-order chi connectivity index (χ1) is 12.5. The number of hydrogen-bond acceptors (Lipinski definition) is 5. The molecule has 1 unspecified atom stereocenters. The molecule has 26 heavy (non-hydrogen) atoms. The fourth-order valence-corrected chi connectivity index (χ4v) is 3.42. The van der Waals surface area contributed by atoms with Crippen molar-refractivity contribution in [3.05, 3.63) is 41.2 Å². The van der Waals surface area contributed by atoms with E-state index in [0.29, 0.717) is 43.3 Å². The van der Waals surface area contributed by atoms with E-state index in [1.54, 1.807) is 25.3 Å². The van der Waals surface area contributed by atoms with Gasteiger partial charge in [-0.3, -0.25) is 9.48 Å². The van der Waals surface area contributed by atoms with E-state index >= 15 is 0 Å². The minimum atomic E-state index is -0.00529. The van der Waals surface area contributed by atoms with E-state index in [4.69, 9.17) is 15.2 Å². The van der Waals surface area contributed by atoms with E-state index in [1.165, 1.54) is 0 Å². The lowest BCUT2D eigenvalue weighted by molar-refractivity contribution is 0.0786. The number of hydrogen-bond donors (Lipinski definition) is 1. The summed E-state index contributed by atoms with van der Waals surface area (Å²) < 4.78 is 12.9. The molecule has 0 spiro atoms. The van der Waals surface area contributed by atoms with Gasteiger partial charge in [-0.2, -0.15) is 5.10 Å². The van der Waals surface area contributed by atoms with Crippen molar-refractivity contribution in [3.8, 4) is 11.5 Å². The van der Waals surface area contributed by atoms with Crippen LogP contribution >= 0.6 is 0 Å². The maximum absolute atomic E-state index is 12.9. The summed E-state index contributed by atoms with van der Waals surface area (Å²) in [5, 5.41) is 4.56. The summed E-state index contributed by atoms with van der Waals surface area (Å²) in [6, 6.07) is 7.54. The van der Waals surface area contributed by atoms with Gasteiger partial charge in [-0.15, -0.1) is 0 Å². The largest absolute Gasteiger partial charge is 0.493 e. The fraction of sp³-hybridized carbons (Fsp3) is 0.474. The molecule has 140 valence electrons. The lowest BCUT2D eigenvalue weighted by Gasteiger charge is -2.18. The molecule has 1 aliphatic heterocycles. The monoisotopic (exact) mass is 358 g/mol. The molecule has 7 heteroatoms.